The number of carboxylic acids is 1. The average Bonchev–Trinajstić information content (AvgIpc) is 3.41. The number of halogens is 1. The summed E-state index contributed by atoms with van der Waals surface area (Å²) < 4.78 is 53.0. The fourth-order valence-corrected chi connectivity index (χ4v) is 8.01. The van der Waals surface area contributed by atoms with Gasteiger partial charge in [0, 0.05) is 52.8 Å². The molecule has 1 aromatic carbocycles. The van der Waals surface area contributed by atoms with E-state index in [1.165, 1.54) is 6.20 Å². The standard InChI is InChI=1S/C37H47FN2O8S2/c1-36(2)26(22-32-30(36)24-28(50(45,46)47)25-39(32)20-12-6-10-16-34(38)41)14-8-5-9-15-33-37(3,4)29-23-27(49-48-44)18-19-31(29)40(33)21-13-7-11-17-35(42)43/h5,8-9,14-15,18-19,23-25,33H,6-7,10-13,16-17,20-22H2,1-4H3,(H2-,42,43,44,45,46,47)/p+1/b8-5+,15-9+,26-14-. The molecule has 1 aliphatic heterocycles. The van der Waals surface area contributed by atoms with Crippen LogP contribution in [0.15, 0.2) is 76.2 Å². The maximum Gasteiger partial charge on any atom is 0.303 e. The van der Waals surface area contributed by atoms with Gasteiger partial charge in [-0.2, -0.15) is 17.1 Å². The largest absolute Gasteiger partial charge is 0.481 e. The smallest absolute Gasteiger partial charge is 0.303 e. The minimum Gasteiger partial charge on any atom is -0.481 e. The number of anilines is 1. The Labute approximate surface area is 298 Å². The van der Waals surface area contributed by atoms with Crippen LogP contribution in [-0.4, -0.2) is 47.9 Å². The molecule has 0 bridgehead atoms. The number of fused-ring (bicyclic) bond motifs is 2. The molecule has 1 aliphatic carbocycles. The lowest BCUT2D eigenvalue weighted by atomic mass is 9.80. The van der Waals surface area contributed by atoms with Crippen LogP contribution in [0.25, 0.3) is 0 Å². The third kappa shape index (κ3) is 9.49. The molecule has 50 heavy (non-hydrogen) atoms. The number of pyridine rings is 1. The first-order chi connectivity index (χ1) is 23.6. The Morgan fingerprint density at radius 2 is 1.74 bits per heavy atom. The van der Waals surface area contributed by atoms with Crippen molar-refractivity contribution in [3.8, 4) is 0 Å². The number of aryl methyl sites for hydroxylation is 1. The molecule has 4 rings (SSSR count). The lowest BCUT2D eigenvalue weighted by molar-refractivity contribution is -0.706. The van der Waals surface area contributed by atoms with Crippen molar-refractivity contribution in [1.29, 1.82) is 0 Å². The highest BCUT2D eigenvalue weighted by Crippen LogP contribution is 2.47. The number of aromatic nitrogens is 1. The fraction of sp³-hybridized carbons (Fsp3) is 0.486. The van der Waals surface area contributed by atoms with Gasteiger partial charge in [-0.15, -0.1) is 0 Å². The van der Waals surface area contributed by atoms with Gasteiger partial charge in [0.05, 0.1) is 24.5 Å². The maximum atomic E-state index is 12.6. The van der Waals surface area contributed by atoms with Gasteiger partial charge >= 0.3 is 12.0 Å². The number of unbranched alkanes of at least 4 members (excludes halogenated alkanes) is 4. The number of carbonyl (C=O) groups excluding carboxylic acids is 1. The summed E-state index contributed by atoms with van der Waals surface area (Å²) in [7, 11) is -4.45. The monoisotopic (exact) mass is 731 g/mol. The van der Waals surface area contributed by atoms with Gasteiger partial charge in [-0.25, -0.2) is 9.82 Å². The minimum atomic E-state index is -4.45. The van der Waals surface area contributed by atoms with Crippen LogP contribution in [0.3, 0.4) is 0 Å². The topological polar surface area (TPSA) is 145 Å². The number of rotatable bonds is 18. The molecule has 10 nitrogen and oxygen atoms in total. The first kappa shape index (κ1) is 39.4. The van der Waals surface area contributed by atoms with E-state index in [4.69, 9.17) is 10.4 Å². The zero-order valence-electron chi connectivity index (χ0n) is 29.1. The number of aliphatic carboxylic acids is 1. The second-order valence-electron chi connectivity index (χ2n) is 14.0. The van der Waals surface area contributed by atoms with Gasteiger partial charge in [-0.1, -0.05) is 64.5 Å². The summed E-state index contributed by atoms with van der Waals surface area (Å²) in [6.45, 7) is 9.64. The van der Waals surface area contributed by atoms with Gasteiger partial charge in [0.1, 0.15) is 6.54 Å². The first-order valence-electron chi connectivity index (χ1n) is 17.0. The number of carboxylic acid groups (broad SMARTS) is 1. The molecule has 0 saturated carbocycles. The van der Waals surface area contributed by atoms with E-state index < -0.39 is 27.5 Å². The van der Waals surface area contributed by atoms with Crippen molar-refractivity contribution in [2.45, 2.75) is 119 Å². The summed E-state index contributed by atoms with van der Waals surface area (Å²) in [6, 6.07) is 6.19. The highest BCUT2D eigenvalue weighted by molar-refractivity contribution is 7.94. The Bertz CT molecular complexity index is 1770. The summed E-state index contributed by atoms with van der Waals surface area (Å²) in [5.41, 5.74) is 4.28. The van der Waals surface area contributed by atoms with Crippen LogP contribution in [0, 0.1) is 0 Å². The Balaban J connectivity index is 1.54. The first-order valence-corrected chi connectivity index (χ1v) is 19.1. The molecular weight excluding hydrogens is 684 g/mol. The Kier molecular flexibility index (Phi) is 13.2. The van der Waals surface area contributed by atoms with Gasteiger partial charge < -0.3 is 10.0 Å². The van der Waals surface area contributed by atoms with Gasteiger partial charge in [0.25, 0.3) is 10.1 Å². The molecule has 2 aliphatic rings. The summed E-state index contributed by atoms with van der Waals surface area (Å²) in [5, 5.41) is 18.0. The molecule has 2 heterocycles. The van der Waals surface area contributed by atoms with Gasteiger partial charge in [0.2, 0.25) is 0 Å². The summed E-state index contributed by atoms with van der Waals surface area (Å²) >= 11 is 0.891. The SMILES string of the molecule is CC1(C)\C(=C/C=C/C=C/C2N(CCCCCC(=O)O)c3ccc(SOO)cc3C2(C)C)Cc2c1cc(S(=O)(=O)O)c[n+]2CCCCCC(=O)F. The van der Waals surface area contributed by atoms with Gasteiger partial charge in [-0.3, -0.25) is 14.1 Å². The van der Waals surface area contributed by atoms with Crippen LogP contribution >= 0.6 is 12.0 Å². The second kappa shape index (κ2) is 16.8. The van der Waals surface area contributed by atoms with Crippen LogP contribution in [0.1, 0.15) is 95.9 Å². The van der Waals surface area contributed by atoms with E-state index in [-0.39, 0.29) is 29.2 Å². The Morgan fingerprint density at radius 1 is 1.02 bits per heavy atom. The highest BCUT2D eigenvalue weighted by Gasteiger charge is 2.43. The van der Waals surface area contributed by atoms with Crippen molar-refractivity contribution in [3.05, 3.63) is 83.2 Å². The number of carbonyl (C=O) groups is 2. The van der Waals surface area contributed by atoms with Crippen LogP contribution in [0.5, 0.6) is 0 Å². The van der Waals surface area contributed by atoms with E-state index >= 15 is 0 Å². The fourth-order valence-electron chi connectivity index (χ4n) is 7.11. The zero-order chi connectivity index (χ0) is 36.7. The molecule has 0 amide bonds. The number of hydrogen-bond donors (Lipinski definition) is 3. The van der Waals surface area contributed by atoms with Crippen molar-refractivity contribution in [2.75, 3.05) is 11.4 Å². The normalized spacial score (nSPS) is 18.7. The van der Waals surface area contributed by atoms with Crippen molar-refractivity contribution < 1.29 is 46.2 Å². The molecule has 272 valence electrons. The molecule has 0 saturated heterocycles. The molecule has 0 fully saturated rings. The number of allylic oxidation sites excluding steroid dienone is 5. The van der Waals surface area contributed by atoms with E-state index in [9.17, 15) is 27.0 Å². The quantitative estimate of drug-likeness (QED) is 0.0207. The molecule has 0 spiro atoms. The van der Waals surface area contributed by atoms with Crippen molar-refractivity contribution in [3.63, 3.8) is 0 Å². The second-order valence-corrected chi connectivity index (χ2v) is 16.2. The van der Waals surface area contributed by atoms with E-state index in [0.29, 0.717) is 38.6 Å². The molecule has 2 aromatic rings. The van der Waals surface area contributed by atoms with Crippen molar-refractivity contribution in [2.24, 2.45) is 0 Å². The molecule has 1 atom stereocenters. The third-order valence-corrected chi connectivity index (χ3v) is 11.3. The minimum absolute atomic E-state index is 0.0117. The van der Waals surface area contributed by atoms with Crippen LogP contribution < -0.4 is 9.47 Å². The Hall–Kier alpha value is -3.36. The molecule has 3 N–H and O–H groups in total. The highest BCUT2D eigenvalue weighted by atomic mass is 32.2. The molecular formula is C37H48FN2O8S2+. The summed E-state index contributed by atoms with van der Waals surface area (Å²) in [4.78, 5) is 24.6. The third-order valence-electron chi connectivity index (χ3n) is 9.91. The number of benzene rings is 1. The predicted octanol–water partition coefficient (Wildman–Crippen LogP) is 7.46. The lowest BCUT2D eigenvalue weighted by Crippen LogP contribution is -2.40. The maximum absolute atomic E-state index is 12.6. The van der Waals surface area contributed by atoms with Crippen LogP contribution in [-0.2, 0) is 47.8 Å². The number of nitrogens with zero attached hydrogens (tertiary/aromatic N) is 2. The predicted molar refractivity (Wildman–Crippen MR) is 190 cm³/mol. The number of hydrogen-bond acceptors (Lipinski definition) is 8. The molecule has 13 heteroatoms. The molecule has 1 unspecified atom stereocenters. The van der Waals surface area contributed by atoms with E-state index in [2.05, 4.69) is 29.2 Å². The zero-order valence-corrected chi connectivity index (χ0v) is 30.7. The van der Waals surface area contributed by atoms with Crippen molar-refractivity contribution >= 4 is 39.9 Å². The lowest BCUT2D eigenvalue weighted by Gasteiger charge is -2.32. The molecule has 0 radical (unpaired) electrons. The van der Waals surface area contributed by atoms with Gasteiger partial charge in [0.15, 0.2) is 16.8 Å². The van der Waals surface area contributed by atoms with Gasteiger partial charge in [-0.05, 0) is 61.1 Å². The van der Waals surface area contributed by atoms with E-state index in [0.717, 1.165) is 64.4 Å². The van der Waals surface area contributed by atoms with E-state index in [1.807, 2.05) is 60.9 Å². The molecule has 1 aromatic heterocycles. The Morgan fingerprint density at radius 3 is 2.42 bits per heavy atom. The average molecular weight is 732 g/mol. The summed E-state index contributed by atoms with van der Waals surface area (Å²) in [6.07, 6.45) is 16.2. The summed E-state index contributed by atoms with van der Waals surface area (Å²) in [5.74, 6) is -0.788. The van der Waals surface area contributed by atoms with Crippen molar-refractivity contribution in [1.82, 2.24) is 0 Å². The van der Waals surface area contributed by atoms with Crippen LogP contribution in [0.2, 0.25) is 0 Å². The van der Waals surface area contributed by atoms with Crippen LogP contribution in [0.4, 0.5) is 10.1 Å². The van der Waals surface area contributed by atoms with E-state index in [1.54, 1.807) is 6.07 Å².